The second-order valence-electron chi connectivity index (χ2n) is 9.41. The van der Waals surface area contributed by atoms with Crippen LogP contribution in [0.4, 0.5) is 17.2 Å². The first kappa shape index (κ1) is 23.3. The van der Waals surface area contributed by atoms with Gasteiger partial charge in [-0.3, -0.25) is 9.69 Å². The minimum Gasteiger partial charge on any atom is -0.504 e. The molecule has 1 aliphatic carbocycles. The van der Waals surface area contributed by atoms with E-state index in [0.717, 1.165) is 78.1 Å². The molecule has 1 saturated carbocycles. The Balaban J connectivity index is 1.13. The molecule has 11 heteroatoms. The Morgan fingerprint density at radius 1 is 1.14 bits per heavy atom. The van der Waals surface area contributed by atoms with E-state index in [9.17, 15) is 9.90 Å². The highest BCUT2D eigenvalue weighted by Gasteiger charge is 2.30. The van der Waals surface area contributed by atoms with Gasteiger partial charge in [-0.2, -0.15) is 0 Å². The number of carbonyl (C=O) groups is 1. The second-order valence-corrected chi connectivity index (χ2v) is 9.80. The molecule has 2 fully saturated rings. The summed E-state index contributed by atoms with van der Waals surface area (Å²) in [5.74, 6) is 1.74. The highest BCUT2D eigenvalue weighted by atomic mass is 32.1. The number of anilines is 3. The Morgan fingerprint density at radius 2 is 1.84 bits per heavy atom. The first-order valence-corrected chi connectivity index (χ1v) is 12.7. The number of benzene rings is 2. The predicted molar refractivity (Wildman–Crippen MR) is 146 cm³/mol. The van der Waals surface area contributed by atoms with E-state index in [1.165, 1.54) is 0 Å². The molecule has 1 aliphatic heterocycles. The fourth-order valence-corrected chi connectivity index (χ4v) is 5.04. The van der Waals surface area contributed by atoms with Crippen LogP contribution in [0, 0.1) is 5.92 Å². The molecule has 0 spiro atoms. The molecule has 2 aliphatic rings. The van der Waals surface area contributed by atoms with Crippen LogP contribution in [0.25, 0.3) is 21.9 Å². The number of thiocarbonyl (C=S) groups is 1. The number of hydrogen-bond acceptors (Lipinski definition) is 6. The third-order valence-electron chi connectivity index (χ3n) is 6.94. The first-order chi connectivity index (χ1) is 18.0. The molecule has 0 atom stereocenters. The number of nitrogens with zero attached hydrogens (tertiary/aromatic N) is 3. The number of phenols is 1. The summed E-state index contributed by atoms with van der Waals surface area (Å²) in [5, 5.41) is 19.0. The summed E-state index contributed by atoms with van der Waals surface area (Å²) in [6, 6.07) is 11.1. The number of aromatic amines is 2. The van der Waals surface area contributed by atoms with Crippen LogP contribution in [-0.4, -0.2) is 64.3 Å². The van der Waals surface area contributed by atoms with Crippen molar-refractivity contribution in [1.82, 2.24) is 14.9 Å². The molecular formula is C26H28N7O3S+. The van der Waals surface area contributed by atoms with Crippen LogP contribution in [0.1, 0.15) is 12.8 Å². The standard InChI is InChI=1S/C26H27N7O3S/c1-36-21-12-18-19(13-20(21)34)31-23-22(18)24(28-14-27-23)32-8-10-33(11-9-32)26(37)30-17-6-4-16(5-7-17)29-25(35)15-2-3-15/h4-7,12-15,34H,2-3,8-11H2,1H3,(H,29,35)(H,30,37)(H,27,28,31)/p+1. The number of nitrogens with one attached hydrogen (secondary N) is 4. The Labute approximate surface area is 218 Å². The van der Waals surface area contributed by atoms with Gasteiger partial charge in [0.25, 0.3) is 0 Å². The van der Waals surface area contributed by atoms with Crippen LogP contribution >= 0.6 is 12.2 Å². The van der Waals surface area contributed by atoms with Gasteiger partial charge in [0.2, 0.25) is 23.7 Å². The van der Waals surface area contributed by atoms with E-state index < -0.39 is 0 Å². The van der Waals surface area contributed by atoms with Crippen molar-refractivity contribution in [2.24, 2.45) is 5.92 Å². The Kier molecular flexibility index (Phi) is 5.91. The Hall–Kier alpha value is -4.12. The van der Waals surface area contributed by atoms with Crippen molar-refractivity contribution in [2.75, 3.05) is 48.8 Å². The number of piperazine rings is 1. The first-order valence-electron chi connectivity index (χ1n) is 12.3. The monoisotopic (exact) mass is 518 g/mol. The number of H-pyrrole nitrogens is 2. The van der Waals surface area contributed by atoms with Gasteiger partial charge in [0, 0.05) is 28.7 Å². The van der Waals surface area contributed by atoms with Gasteiger partial charge >= 0.3 is 0 Å². The molecule has 0 radical (unpaired) electrons. The molecule has 1 saturated heterocycles. The summed E-state index contributed by atoms with van der Waals surface area (Å²) in [7, 11) is 1.54. The van der Waals surface area contributed by atoms with Crippen LogP contribution in [-0.2, 0) is 4.79 Å². The molecule has 4 aromatic rings. The number of methoxy groups -OCH3 is 1. The fraction of sp³-hybridized carbons (Fsp3) is 0.308. The largest absolute Gasteiger partial charge is 0.504 e. The van der Waals surface area contributed by atoms with Gasteiger partial charge in [-0.05, 0) is 55.4 Å². The van der Waals surface area contributed by atoms with Gasteiger partial charge < -0.3 is 30.4 Å². The van der Waals surface area contributed by atoms with Crippen LogP contribution < -0.4 is 25.3 Å². The van der Waals surface area contributed by atoms with Gasteiger partial charge in [0.05, 0.1) is 38.8 Å². The summed E-state index contributed by atoms with van der Waals surface area (Å²) in [5.41, 5.74) is 3.22. The van der Waals surface area contributed by atoms with E-state index in [4.69, 9.17) is 17.0 Å². The number of ether oxygens (including phenoxy) is 1. The molecule has 3 heterocycles. The quantitative estimate of drug-likeness (QED) is 0.298. The lowest BCUT2D eigenvalue weighted by molar-refractivity contribution is -0.367. The van der Waals surface area contributed by atoms with Crippen LogP contribution in [0.5, 0.6) is 11.5 Å². The molecular weight excluding hydrogens is 490 g/mol. The van der Waals surface area contributed by atoms with E-state index in [-0.39, 0.29) is 17.6 Å². The summed E-state index contributed by atoms with van der Waals surface area (Å²) < 4.78 is 5.33. The molecule has 5 N–H and O–H groups in total. The fourth-order valence-electron chi connectivity index (χ4n) is 4.74. The molecule has 2 aromatic carbocycles. The predicted octanol–water partition coefficient (Wildman–Crippen LogP) is 3.11. The van der Waals surface area contributed by atoms with E-state index in [1.807, 2.05) is 30.3 Å². The minimum atomic E-state index is 0.0827. The number of aromatic nitrogens is 3. The lowest BCUT2D eigenvalue weighted by Crippen LogP contribution is -2.51. The van der Waals surface area contributed by atoms with Crippen molar-refractivity contribution >= 4 is 62.4 Å². The normalized spacial score (nSPS) is 15.7. The Bertz CT molecular complexity index is 1490. The summed E-state index contributed by atoms with van der Waals surface area (Å²) in [6.45, 7) is 3.05. The van der Waals surface area contributed by atoms with Crippen molar-refractivity contribution < 1.29 is 19.6 Å². The van der Waals surface area contributed by atoms with Crippen molar-refractivity contribution in [3.8, 4) is 11.5 Å². The number of fused-ring (bicyclic) bond motifs is 3. The molecule has 1 amide bonds. The molecule has 2 aromatic heterocycles. The number of aromatic hydroxyl groups is 1. The van der Waals surface area contributed by atoms with E-state index in [0.29, 0.717) is 10.9 Å². The number of phenolic OH excluding ortho intramolecular Hbond substituents is 1. The number of rotatable bonds is 5. The van der Waals surface area contributed by atoms with Crippen molar-refractivity contribution in [3.63, 3.8) is 0 Å². The lowest BCUT2D eigenvalue weighted by atomic mass is 10.1. The molecule has 190 valence electrons. The van der Waals surface area contributed by atoms with E-state index in [2.05, 4.69) is 35.4 Å². The average Bonchev–Trinajstić information content (AvgIpc) is 3.70. The zero-order valence-corrected chi connectivity index (χ0v) is 21.2. The van der Waals surface area contributed by atoms with Gasteiger partial charge in [-0.1, -0.05) is 4.98 Å². The molecule has 6 rings (SSSR count). The molecule has 37 heavy (non-hydrogen) atoms. The van der Waals surface area contributed by atoms with Gasteiger partial charge in [-0.25, -0.2) is 4.98 Å². The van der Waals surface area contributed by atoms with E-state index in [1.54, 1.807) is 19.5 Å². The zero-order valence-electron chi connectivity index (χ0n) is 20.4. The number of carbonyl (C=O) groups excluding carboxylic acids is 1. The maximum absolute atomic E-state index is 12.0. The van der Waals surface area contributed by atoms with Crippen LogP contribution in [0.15, 0.2) is 42.7 Å². The van der Waals surface area contributed by atoms with Crippen molar-refractivity contribution in [1.29, 1.82) is 0 Å². The maximum Gasteiger partial charge on any atom is 0.234 e. The van der Waals surface area contributed by atoms with Crippen molar-refractivity contribution in [2.45, 2.75) is 12.8 Å². The zero-order chi connectivity index (χ0) is 25.5. The summed E-state index contributed by atoms with van der Waals surface area (Å²) >= 11 is 5.69. The van der Waals surface area contributed by atoms with Crippen LogP contribution in [0.3, 0.4) is 0 Å². The molecule has 10 nitrogen and oxygen atoms in total. The minimum absolute atomic E-state index is 0.0827. The smallest absolute Gasteiger partial charge is 0.234 e. The third kappa shape index (κ3) is 4.57. The summed E-state index contributed by atoms with van der Waals surface area (Å²) in [6.07, 6.45) is 3.65. The van der Waals surface area contributed by atoms with Gasteiger partial charge in [0.15, 0.2) is 16.6 Å². The Morgan fingerprint density at radius 3 is 2.51 bits per heavy atom. The SMILES string of the molecule is COc1cc2c(cc1O)[nH]c1nc[nH+]c(N3CCN(C(=S)Nc4ccc(NC(=O)C5CC5)cc4)CC3)c12. The van der Waals surface area contributed by atoms with Crippen LogP contribution in [0.2, 0.25) is 0 Å². The van der Waals surface area contributed by atoms with E-state index >= 15 is 0 Å². The number of hydrogen-bond donors (Lipinski definition) is 4. The van der Waals surface area contributed by atoms with Crippen molar-refractivity contribution in [3.05, 3.63) is 42.7 Å². The average molecular weight is 519 g/mol. The highest BCUT2D eigenvalue weighted by molar-refractivity contribution is 7.80. The van der Waals surface area contributed by atoms with Gasteiger partial charge in [0.1, 0.15) is 5.39 Å². The molecule has 0 bridgehead atoms. The summed E-state index contributed by atoms with van der Waals surface area (Å²) in [4.78, 5) is 27.5. The number of amides is 1. The topological polar surface area (TPSA) is 120 Å². The third-order valence-corrected chi connectivity index (χ3v) is 7.31. The second kappa shape index (κ2) is 9.40. The lowest BCUT2D eigenvalue weighted by Gasteiger charge is -2.34. The highest BCUT2D eigenvalue weighted by Crippen LogP contribution is 2.37. The molecule has 0 unspecified atom stereocenters. The van der Waals surface area contributed by atoms with Gasteiger partial charge in [-0.15, -0.1) is 0 Å². The maximum atomic E-state index is 12.0.